The van der Waals surface area contributed by atoms with Crippen molar-refractivity contribution in [3.05, 3.63) is 57.5 Å². The minimum atomic E-state index is -0.167. The minimum absolute atomic E-state index is 0.165. The van der Waals surface area contributed by atoms with E-state index in [1.54, 1.807) is 12.3 Å². The first kappa shape index (κ1) is 10.3. The Labute approximate surface area is 97.7 Å². The van der Waals surface area contributed by atoms with Crippen LogP contribution >= 0.6 is 0 Å². The maximum absolute atomic E-state index is 13.1. The molecule has 0 saturated carbocycles. The molecular weight excluding hydrogens is 219 g/mol. The topological polar surface area (TPSA) is 48.6 Å². The fraction of sp³-hybridized carbons (Fsp3) is 0.308. The monoisotopic (exact) mass is 232 g/mol. The van der Waals surface area contributed by atoms with Crippen LogP contribution in [0.25, 0.3) is 0 Å². The Bertz CT molecular complexity index is 599. The number of H-pyrrole nitrogens is 2. The van der Waals surface area contributed by atoms with E-state index in [9.17, 15) is 9.18 Å². The second kappa shape index (κ2) is 3.87. The van der Waals surface area contributed by atoms with E-state index in [0.717, 1.165) is 30.5 Å². The first-order valence-corrected chi connectivity index (χ1v) is 5.74. The van der Waals surface area contributed by atoms with Crippen LogP contribution in [0.3, 0.4) is 0 Å². The lowest BCUT2D eigenvalue weighted by atomic mass is 10.0. The molecule has 2 aromatic rings. The van der Waals surface area contributed by atoms with Crippen LogP contribution in [0, 0.1) is 11.7 Å². The van der Waals surface area contributed by atoms with E-state index in [2.05, 4.69) is 9.97 Å². The highest BCUT2D eigenvalue weighted by Crippen LogP contribution is 2.29. The van der Waals surface area contributed by atoms with Gasteiger partial charge in [0.1, 0.15) is 5.82 Å². The van der Waals surface area contributed by atoms with Crippen molar-refractivity contribution >= 4 is 0 Å². The summed E-state index contributed by atoms with van der Waals surface area (Å²) >= 11 is 0. The molecular formula is C13H13FN2O. The number of fused-ring (bicyclic) bond motifs is 1. The van der Waals surface area contributed by atoms with Crippen LogP contribution in [0.5, 0.6) is 0 Å². The van der Waals surface area contributed by atoms with Gasteiger partial charge < -0.3 is 9.97 Å². The van der Waals surface area contributed by atoms with E-state index >= 15 is 0 Å². The lowest BCUT2D eigenvalue weighted by Crippen LogP contribution is -2.06. The average molecular weight is 232 g/mol. The van der Waals surface area contributed by atoms with Crippen molar-refractivity contribution in [2.24, 2.45) is 5.92 Å². The zero-order valence-electron chi connectivity index (χ0n) is 9.29. The minimum Gasteiger partial charge on any atom is -0.313 e. The number of hydrogen-bond acceptors (Lipinski definition) is 1. The van der Waals surface area contributed by atoms with Gasteiger partial charge in [-0.3, -0.25) is 0 Å². The molecule has 0 amide bonds. The van der Waals surface area contributed by atoms with Crippen molar-refractivity contribution in [3.63, 3.8) is 0 Å². The molecule has 3 nitrogen and oxygen atoms in total. The third-order valence-corrected chi connectivity index (χ3v) is 3.35. The maximum Gasteiger partial charge on any atom is 0.323 e. The third-order valence-electron chi connectivity index (χ3n) is 3.35. The smallest absolute Gasteiger partial charge is 0.313 e. The fourth-order valence-electron chi connectivity index (χ4n) is 2.61. The molecule has 0 bridgehead atoms. The number of rotatable bonds is 2. The van der Waals surface area contributed by atoms with Gasteiger partial charge in [0.2, 0.25) is 0 Å². The number of benzene rings is 1. The van der Waals surface area contributed by atoms with E-state index in [-0.39, 0.29) is 11.5 Å². The highest BCUT2D eigenvalue weighted by molar-refractivity contribution is 5.33. The summed E-state index contributed by atoms with van der Waals surface area (Å²) in [5, 5.41) is 0. The van der Waals surface area contributed by atoms with E-state index in [1.165, 1.54) is 11.6 Å². The fourth-order valence-corrected chi connectivity index (χ4v) is 2.61. The Kier molecular flexibility index (Phi) is 2.35. The highest BCUT2D eigenvalue weighted by atomic mass is 19.1. The molecule has 1 aromatic heterocycles. The molecule has 1 aromatic carbocycles. The van der Waals surface area contributed by atoms with Crippen molar-refractivity contribution < 1.29 is 4.39 Å². The summed E-state index contributed by atoms with van der Waals surface area (Å²) in [6, 6.07) is 5.00. The van der Waals surface area contributed by atoms with Gasteiger partial charge in [0.05, 0.1) is 0 Å². The van der Waals surface area contributed by atoms with E-state index in [0.29, 0.717) is 5.92 Å². The van der Waals surface area contributed by atoms with Crippen molar-refractivity contribution in [2.45, 2.75) is 19.3 Å². The van der Waals surface area contributed by atoms with E-state index in [1.807, 2.05) is 6.07 Å². The molecule has 1 atom stereocenters. The molecule has 0 aliphatic heterocycles. The third kappa shape index (κ3) is 2.02. The Morgan fingerprint density at radius 3 is 2.88 bits per heavy atom. The van der Waals surface area contributed by atoms with Crippen LogP contribution < -0.4 is 5.69 Å². The first-order valence-electron chi connectivity index (χ1n) is 5.74. The van der Waals surface area contributed by atoms with E-state index < -0.39 is 0 Å². The van der Waals surface area contributed by atoms with E-state index in [4.69, 9.17) is 0 Å². The van der Waals surface area contributed by atoms with Crippen molar-refractivity contribution in [1.29, 1.82) is 0 Å². The Morgan fingerprint density at radius 1 is 1.29 bits per heavy atom. The molecule has 0 radical (unpaired) electrons. The molecule has 1 heterocycles. The zero-order chi connectivity index (χ0) is 11.8. The molecule has 1 aliphatic carbocycles. The number of imidazole rings is 1. The van der Waals surface area contributed by atoms with Gasteiger partial charge in [-0.05, 0) is 48.4 Å². The number of hydrogen-bond donors (Lipinski definition) is 2. The summed E-state index contributed by atoms with van der Waals surface area (Å²) in [5.41, 5.74) is 3.09. The molecule has 2 N–H and O–H groups in total. The largest absolute Gasteiger partial charge is 0.323 e. The number of aromatic nitrogens is 2. The second-order valence-electron chi connectivity index (χ2n) is 4.66. The first-order chi connectivity index (χ1) is 8.20. The predicted octanol–water partition coefficient (Wildman–Crippen LogP) is 1.80. The molecule has 4 heteroatoms. The van der Waals surface area contributed by atoms with Gasteiger partial charge in [-0.1, -0.05) is 6.07 Å². The summed E-state index contributed by atoms with van der Waals surface area (Å²) in [4.78, 5) is 16.3. The quantitative estimate of drug-likeness (QED) is 0.815. The van der Waals surface area contributed by atoms with Crippen LogP contribution in [-0.2, 0) is 19.3 Å². The van der Waals surface area contributed by atoms with Gasteiger partial charge in [0, 0.05) is 11.9 Å². The maximum atomic E-state index is 13.1. The van der Waals surface area contributed by atoms with Gasteiger partial charge in [0.25, 0.3) is 0 Å². The normalized spacial score (nSPS) is 18.3. The van der Waals surface area contributed by atoms with Crippen molar-refractivity contribution in [2.75, 3.05) is 0 Å². The zero-order valence-corrected chi connectivity index (χ0v) is 9.29. The van der Waals surface area contributed by atoms with Crippen LogP contribution in [0.2, 0.25) is 0 Å². The number of aromatic amines is 2. The van der Waals surface area contributed by atoms with Gasteiger partial charge in [-0.15, -0.1) is 0 Å². The van der Waals surface area contributed by atoms with Crippen molar-refractivity contribution in [1.82, 2.24) is 9.97 Å². The Hall–Kier alpha value is -1.84. The summed E-state index contributed by atoms with van der Waals surface area (Å²) in [6.45, 7) is 0. The molecule has 17 heavy (non-hydrogen) atoms. The van der Waals surface area contributed by atoms with Crippen LogP contribution in [0.4, 0.5) is 4.39 Å². The average Bonchev–Trinajstić information content (AvgIpc) is 2.84. The predicted molar refractivity (Wildman–Crippen MR) is 62.4 cm³/mol. The molecule has 88 valence electrons. The summed E-state index contributed by atoms with van der Waals surface area (Å²) < 4.78 is 13.1. The number of nitrogens with one attached hydrogen (secondary N) is 2. The molecule has 3 rings (SSSR count). The van der Waals surface area contributed by atoms with Gasteiger partial charge in [0.15, 0.2) is 0 Å². The van der Waals surface area contributed by atoms with Crippen LogP contribution in [-0.4, -0.2) is 9.97 Å². The van der Waals surface area contributed by atoms with Gasteiger partial charge >= 0.3 is 5.69 Å². The Morgan fingerprint density at radius 2 is 2.12 bits per heavy atom. The highest BCUT2D eigenvalue weighted by Gasteiger charge is 2.22. The van der Waals surface area contributed by atoms with Crippen molar-refractivity contribution in [3.8, 4) is 0 Å². The molecule has 0 fully saturated rings. The molecule has 0 spiro atoms. The summed E-state index contributed by atoms with van der Waals surface area (Å²) in [7, 11) is 0. The van der Waals surface area contributed by atoms with Crippen LogP contribution in [0.15, 0.2) is 29.2 Å². The van der Waals surface area contributed by atoms with Gasteiger partial charge in [-0.25, -0.2) is 9.18 Å². The Balaban J connectivity index is 1.76. The van der Waals surface area contributed by atoms with Crippen LogP contribution in [0.1, 0.15) is 16.8 Å². The summed E-state index contributed by atoms with van der Waals surface area (Å²) in [5.74, 6) is 0.290. The SMILES string of the molecule is O=c1[nH]cc(CC2Cc3ccc(F)cc3C2)[nH]1. The molecule has 1 aliphatic rings. The molecule has 0 saturated heterocycles. The van der Waals surface area contributed by atoms with Gasteiger partial charge in [-0.2, -0.15) is 0 Å². The lowest BCUT2D eigenvalue weighted by Gasteiger charge is -2.05. The second-order valence-corrected chi connectivity index (χ2v) is 4.66. The lowest BCUT2D eigenvalue weighted by molar-refractivity contribution is 0.551. The molecule has 1 unspecified atom stereocenters. The standard InChI is InChI=1S/C13H13FN2O/c14-11-2-1-9-3-8(4-10(9)6-11)5-12-7-15-13(17)16-12/h1-2,6-8H,3-5H2,(H2,15,16,17). The number of halogens is 1. The summed E-state index contributed by atoms with van der Waals surface area (Å²) in [6.07, 6.45) is 4.39.